The van der Waals surface area contributed by atoms with Crippen LogP contribution in [0.4, 0.5) is 8.78 Å². The van der Waals surface area contributed by atoms with Crippen molar-refractivity contribution in [3.63, 3.8) is 0 Å². The molecule has 8 heteroatoms. The molecule has 118 valence electrons. The summed E-state index contributed by atoms with van der Waals surface area (Å²) in [7, 11) is -3.35. The molecule has 20 heavy (non-hydrogen) atoms. The molecule has 0 bridgehead atoms. The summed E-state index contributed by atoms with van der Waals surface area (Å²) < 4.78 is 52.6. The van der Waals surface area contributed by atoms with E-state index in [-0.39, 0.29) is 6.10 Å². The van der Waals surface area contributed by atoms with Crippen molar-refractivity contribution in [2.24, 2.45) is 0 Å². The Kier molecular flexibility index (Phi) is 6.88. The first-order chi connectivity index (χ1) is 9.32. The number of halogens is 2. The van der Waals surface area contributed by atoms with Crippen molar-refractivity contribution in [2.45, 2.75) is 63.8 Å². The second-order valence-electron chi connectivity index (χ2n) is 4.99. The quantitative estimate of drug-likeness (QED) is 0.696. The van der Waals surface area contributed by atoms with Gasteiger partial charge < -0.3 is 9.47 Å². The highest BCUT2D eigenvalue weighted by atomic mass is 31.1. The minimum atomic E-state index is -3.69. The van der Waals surface area contributed by atoms with Crippen LogP contribution in [0.25, 0.3) is 0 Å². The summed E-state index contributed by atoms with van der Waals surface area (Å²) >= 11 is 0. The van der Waals surface area contributed by atoms with Crippen molar-refractivity contribution in [1.82, 2.24) is 0 Å². The molecule has 0 amide bonds. The highest BCUT2D eigenvalue weighted by molar-refractivity contribution is 7.32. The van der Waals surface area contributed by atoms with Gasteiger partial charge in [0.2, 0.25) is 0 Å². The second-order valence-corrected chi connectivity index (χ2v) is 5.65. The molecule has 0 aliphatic carbocycles. The lowest BCUT2D eigenvalue weighted by Gasteiger charge is -2.38. The highest BCUT2D eigenvalue weighted by Crippen LogP contribution is 2.40. The van der Waals surface area contributed by atoms with E-state index in [1.54, 1.807) is 13.8 Å². The first-order valence-electron chi connectivity index (χ1n) is 6.81. The second kappa shape index (κ2) is 7.71. The molecular formula is C12H22F2O5P+. The van der Waals surface area contributed by atoms with Gasteiger partial charge in [-0.15, -0.1) is 4.89 Å². The molecule has 5 nitrogen and oxygen atoms in total. The fourth-order valence-corrected chi connectivity index (χ4v) is 2.68. The van der Waals surface area contributed by atoms with E-state index in [0.29, 0.717) is 26.1 Å². The Balaban J connectivity index is 2.71. The van der Waals surface area contributed by atoms with Gasteiger partial charge in [0.05, 0.1) is 24.7 Å². The van der Waals surface area contributed by atoms with Crippen LogP contribution in [0.5, 0.6) is 0 Å². The van der Waals surface area contributed by atoms with Crippen LogP contribution in [0.15, 0.2) is 0 Å². The molecule has 2 unspecified atom stereocenters. The van der Waals surface area contributed by atoms with E-state index in [9.17, 15) is 13.3 Å². The molecule has 0 spiro atoms. The zero-order chi connectivity index (χ0) is 15.2. The largest absolute Gasteiger partial charge is 0.701 e. The number of alkyl halides is 2. The average Bonchev–Trinajstić information content (AvgIpc) is 2.37. The van der Waals surface area contributed by atoms with Crippen LogP contribution in [0.3, 0.4) is 0 Å². The van der Waals surface area contributed by atoms with Crippen LogP contribution in [0.1, 0.15) is 46.0 Å². The maximum atomic E-state index is 13.6. The molecule has 1 aliphatic rings. The van der Waals surface area contributed by atoms with E-state index in [4.69, 9.17) is 14.4 Å². The summed E-state index contributed by atoms with van der Waals surface area (Å²) in [5, 5.41) is 0. The van der Waals surface area contributed by atoms with Crippen molar-refractivity contribution in [1.29, 1.82) is 0 Å². The van der Waals surface area contributed by atoms with Crippen molar-refractivity contribution in [3.05, 3.63) is 0 Å². The summed E-state index contributed by atoms with van der Waals surface area (Å²) in [5.74, 6) is 0. The molecule has 0 saturated carbocycles. The molecule has 2 atom stereocenters. The van der Waals surface area contributed by atoms with Crippen LogP contribution < -0.4 is 0 Å². The fraction of sp³-hybridized carbons (Fsp3) is 1.00. The Morgan fingerprint density at radius 1 is 1.40 bits per heavy atom. The van der Waals surface area contributed by atoms with Gasteiger partial charge in [-0.3, -0.25) is 0 Å². The lowest BCUT2D eigenvalue weighted by atomic mass is 9.91. The Labute approximate surface area is 118 Å². The van der Waals surface area contributed by atoms with Crippen LogP contribution in [-0.4, -0.2) is 35.9 Å². The maximum Gasteiger partial charge on any atom is 0.701 e. The lowest BCUT2D eigenvalue weighted by molar-refractivity contribution is -0.237. The third-order valence-electron chi connectivity index (χ3n) is 3.56. The van der Waals surface area contributed by atoms with Gasteiger partial charge in [0.15, 0.2) is 0 Å². The molecule has 1 rings (SSSR count). The van der Waals surface area contributed by atoms with E-state index in [0.717, 1.165) is 12.8 Å². The molecule has 1 aliphatic heterocycles. The van der Waals surface area contributed by atoms with Gasteiger partial charge in [-0.25, -0.2) is 0 Å². The molecule has 0 aromatic heterocycles. The summed E-state index contributed by atoms with van der Waals surface area (Å²) in [6.07, 6.45) is -2.33. The van der Waals surface area contributed by atoms with Crippen LogP contribution in [0.2, 0.25) is 0 Å². The first kappa shape index (κ1) is 17.9. The number of hydrogen-bond donors (Lipinski definition) is 1. The van der Waals surface area contributed by atoms with Gasteiger partial charge >= 0.3 is 14.4 Å². The van der Waals surface area contributed by atoms with E-state index < -0.39 is 26.4 Å². The van der Waals surface area contributed by atoms with E-state index >= 15 is 0 Å². The molecule has 1 N–H and O–H groups in total. The third-order valence-corrected chi connectivity index (χ3v) is 3.99. The van der Waals surface area contributed by atoms with Gasteiger partial charge in [-0.05, 0) is 30.2 Å². The van der Waals surface area contributed by atoms with Gasteiger partial charge in [0, 0.05) is 11.2 Å². The molecular weight excluding hydrogens is 293 g/mol. The number of ether oxygens (including phenoxy) is 2. The minimum absolute atomic E-state index is 0.220. The maximum absolute atomic E-state index is 13.6. The molecule has 1 fully saturated rings. The predicted molar refractivity (Wildman–Crippen MR) is 68.7 cm³/mol. The van der Waals surface area contributed by atoms with E-state index in [1.165, 1.54) is 0 Å². The standard InChI is InChI=1S/C12H21F2O5P/c1-3-11(4-2,9-12(13,14)19-20(15)16)18-10-6-5-7-17-8-10/h10H,3-9H2,1-2H3/p+1. The highest BCUT2D eigenvalue weighted by Gasteiger charge is 2.49. The van der Waals surface area contributed by atoms with Crippen LogP contribution in [0, 0.1) is 0 Å². The average molecular weight is 315 g/mol. The predicted octanol–water partition coefficient (Wildman–Crippen LogP) is 3.39. The Hall–Kier alpha value is -0.200. The number of rotatable bonds is 8. The molecule has 0 aromatic rings. The zero-order valence-corrected chi connectivity index (χ0v) is 12.7. The van der Waals surface area contributed by atoms with E-state index in [1.807, 2.05) is 0 Å². The lowest BCUT2D eigenvalue weighted by Crippen LogP contribution is -2.43. The van der Waals surface area contributed by atoms with Crippen molar-refractivity contribution < 1.29 is 32.2 Å². The van der Waals surface area contributed by atoms with Gasteiger partial charge in [-0.2, -0.15) is 8.78 Å². The smallest absolute Gasteiger partial charge is 0.379 e. The Bertz CT molecular complexity index is 317. The normalized spacial score (nSPS) is 21.9. The third kappa shape index (κ3) is 5.66. The van der Waals surface area contributed by atoms with Crippen molar-refractivity contribution >= 4 is 8.25 Å². The number of hydrogen-bond acceptors (Lipinski definition) is 4. The molecule has 0 radical (unpaired) electrons. The summed E-state index contributed by atoms with van der Waals surface area (Å²) in [6.45, 7) is 4.56. The summed E-state index contributed by atoms with van der Waals surface area (Å²) in [6, 6.07) is 0. The topological polar surface area (TPSA) is 65.0 Å². The first-order valence-corrected chi connectivity index (χ1v) is 7.94. The van der Waals surface area contributed by atoms with E-state index in [2.05, 4.69) is 4.52 Å². The Morgan fingerprint density at radius 2 is 2.05 bits per heavy atom. The van der Waals surface area contributed by atoms with Crippen LogP contribution in [-0.2, 0) is 18.6 Å². The molecule has 1 saturated heterocycles. The van der Waals surface area contributed by atoms with Crippen LogP contribution >= 0.6 is 8.25 Å². The van der Waals surface area contributed by atoms with Gasteiger partial charge in [-0.1, -0.05) is 13.8 Å². The zero-order valence-electron chi connectivity index (χ0n) is 11.8. The summed E-state index contributed by atoms with van der Waals surface area (Å²) in [5.41, 5.74) is -1.08. The monoisotopic (exact) mass is 315 g/mol. The van der Waals surface area contributed by atoms with Gasteiger partial charge in [0.1, 0.15) is 0 Å². The van der Waals surface area contributed by atoms with Gasteiger partial charge in [0.25, 0.3) is 0 Å². The SMILES string of the molecule is CCC(CC)(CC(F)(F)O[P+](=O)O)OC1CCCOC1. The Morgan fingerprint density at radius 3 is 2.50 bits per heavy atom. The van der Waals surface area contributed by atoms with Crippen molar-refractivity contribution in [3.8, 4) is 0 Å². The fourth-order valence-electron chi connectivity index (χ4n) is 2.39. The van der Waals surface area contributed by atoms with Crippen molar-refractivity contribution in [2.75, 3.05) is 13.2 Å². The minimum Gasteiger partial charge on any atom is -0.379 e. The molecule has 0 aromatic carbocycles. The summed E-state index contributed by atoms with van der Waals surface area (Å²) in [4.78, 5) is 8.50. The molecule has 1 heterocycles.